The first-order valence-electron chi connectivity index (χ1n) is 10.1. The number of amides is 3. The zero-order valence-electron chi connectivity index (χ0n) is 17.4. The van der Waals surface area contributed by atoms with Gasteiger partial charge in [0.15, 0.2) is 11.5 Å². The molecule has 5 rings (SSSR count). The van der Waals surface area contributed by atoms with Crippen molar-refractivity contribution in [2.45, 2.75) is 0 Å². The molecule has 2 aliphatic rings. The van der Waals surface area contributed by atoms with Crippen LogP contribution < -0.4 is 14.8 Å². The van der Waals surface area contributed by atoms with Crippen LogP contribution in [0.2, 0.25) is 0 Å². The first-order chi connectivity index (χ1) is 16.4. The summed E-state index contributed by atoms with van der Waals surface area (Å²) in [5.74, 6) is 0.253. The van der Waals surface area contributed by atoms with Crippen molar-refractivity contribution in [1.29, 1.82) is 0 Å². The van der Waals surface area contributed by atoms with Gasteiger partial charge < -0.3 is 19.8 Å². The van der Waals surface area contributed by atoms with Crippen molar-refractivity contribution in [2.24, 2.45) is 0 Å². The number of carbonyl (C=O) groups is 3. The molecule has 0 saturated carbocycles. The minimum absolute atomic E-state index is 0.0165. The molecule has 1 aromatic heterocycles. The topological polar surface area (TPSA) is 144 Å². The van der Waals surface area contributed by atoms with E-state index in [4.69, 9.17) is 9.47 Å². The highest BCUT2D eigenvalue weighted by atomic mass is 32.2. The number of hydrogen-bond donors (Lipinski definition) is 2. The number of rotatable bonds is 6. The fraction of sp³-hybridized carbons (Fsp3) is 0.136. The van der Waals surface area contributed by atoms with Crippen LogP contribution in [-0.2, 0) is 4.79 Å². The van der Waals surface area contributed by atoms with Crippen LogP contribution >= 0.6 is 11.8 Å². The second-order valence-corrected chi connectivity index (χ2v) is 8.38. The number of aromatic nitrogens is 1. The molecule has 0 atom stereocenters. The maximum absolute atomic E-state index is 12.7. The maximum Gasteiger partial charge on any atom is 0.293 e. The molecule has 2 aliphatic heterocycles. The predicted molar refractivity (Wildman–Crippen MR) is 123 cm³/mol. The number of ether oxygens (including phenoxy) is 2. The van der Waals surface area contributed by atoms with Crippen LogP contribution in [0.5, 0.6) is 11.5 Å². The van der Waals surface area contributed by atoms with Crippen LogP contribution in [0.15, 0.2) is 47.5 Å². The average molecular weight is 480 g/mol. The summed E-state index contributed by atoms with van der Waals surface area (Å²) < 4.78 is 10.6. The lowest BCUT2D eigenvalue weighted by atomic mass is 10.1. The minimum atomic E-state index is -0.537. The summed E-state index contributed by atoms with van der Waals surface area (Å²) in [6, 6.07) is 9.40. The molecule has 3 heterocycles. The highest BCUT2D eigenvalue weighted by Crippen LogP contribution is 2.36. The van der Waals surface area contributed by atoms with Gasteiger partial charge >= 0.3 is 0 Å². The lowest BCUT2D eigenvalue weighted by Crippen LogP contribution is -2.37. The minimum Gasteiger partial charge on any atom is -0.454 e. The number of thioether (sulfide) groups is 1. The molecule has 172 valence electrons. The van der Waals surface area contributed by atoms with Crippen molar-refractivity contribution in [2.75, 3.05) is 19.9 Å². The summed E-state index contributed by atoms with van der Waals surface area (Å²) in [5.41, 5.74) is 1.37. The van der Waals surface area contributed by atoms with Gasteiger partial charge in [0, 0.05) is 42.3 Å². The van der Waals surface area contributed by atoms with Gasteiger partial charge in [-0.2, -0.15) is 0 Å². The maximum atomic E-state index is 12.7. The third-order valence-electron chi connectivity index (χ3n) is 5.31. The Bertz CT molecular complexity index is 1400. The summed E-state index contributed by atoms with van der Waals surface area (Å²) in [6.45, 7) is 0.142. The number of fused-ring (bicyclic) bond motifs is 2. The highest BCUT2D eigenvalue weighted by Gasteiger charge is 2.34. The third-order valence-corrected chi connectivity index (χ3v) is 6.22. The van der Waals surface area contributed by atoms with Gasteiger partial charge in [-0.1, -0.05) is 6.07 Å². The Morgan fingerprint density at radius 3 is 2.85 bits per heavy atom. The van der Waals surface area contributed by atoms with Crippen molar-refractivity contribution in [3.63, 3.8) is 0 Å². The summed E-state index contributed by atoms with van der Waals surface area (Å²) in [7, 11) is 0. The number of nitrogens with zero attached hydrogens (tertiary/aromatic N) is 2. The summed E-state index contributed by atoms with van der Waals surface area (Å²) >= 11 is 0.818. The number of non-ortho nitro benzene ring substituents is 1. The number of benzene rings is 2. The van der Waals surface area contributed by atoms with E-state index >= 15 is 0 Å². The first kappa shape index (κ1) is 21.5. The summed E-state index contributed by atoms with van der Waals surface area (Å²) in [5, 5.41) is 13.7. The Labute approximate surface area is 195 Å². The molecule has 2 N–H and O–H groups in total. The van der Waals surface area contributed by atoms with Gasteiger partial charge in [0.1, 0.15) is 0 Å². The first-order valence-corrected chi connectivity index (χ1v) is 10.9. The lowest BCUT2D eigenvalue weighted by molar-refractivity contribution is -0.384. The Morgan fingerprint density at radius 2 is 2.03 bits per heavy atom. The van der Waals surface area contributed by atoms with Crippen molar-refractivity contribution in [1.82, 2.24) is 15.2 Å². The zero-order valence-corrected chi connectivity index (χ0v) is 18.2. The molecule has 0 radical (unpaired) electrons. The number of carbonyl (C=O) groups excluding carboxylic acids is 3. The molecule has 11 nitrogen and oxygen atoms in total. The molecule has 0 spiro atoms. The molecule has 0 aliphatic carbocycles. The summed E-state index contributed by atoms with van der Waals surface area (Å²) in [6.07, 6.45) is 3.06. The molecule has 12 heteroatoms. The number of nitrogens with one attached hydrogen (secondary N) is 2. The number of imide groups is 1. The van der Waals surface area contributed by atoms with Crippen LogP contribution in [0.1, 0.15) is 15.9 Å². The van der Waals surface area contributed by atoms with Gasteiger partial charge in [0.25, 0.3) is 22.7 Å². The van der Waals surface area contributed by atoms with Gasteiger partial charge in [0.2, 0.25) is 6.79 Å². The van der Waals surface area contributed by atoms with E-state index in [9.17, 15) is 24.5 Å². The molecule has 1 fully saturated rings. The number of H-pyrrole nitrogens is 1. The van der Waals surface area contributed by atoms with Crippen LogP contribution in [0.3, 0.4) is 0 Å². The second-order valence-electron chi connectivity index (χ2n) is 7.39. The van der Waals surface area contributed by atoms with E-state index in [1.807, 2.05) is 0 Å². The van der Waals surface area contributed by atoms with E-state index in [1.165, 1.54) is 24.4 Å². The van der Waals surface area contributed by atoms with Gasteiger partial charge in [-0.3, -0.25) is 29.4 Å². The van der Waals surface area contributed by atoms with E-state index in [2.05, 4.69) is 10.3 Å². The Morgan fingerprint density at radius 1 is 1.21 bits per heavy atom. The van der Waals surface area contributed by atoms with Crippen LogP contribution in [0.4, 0.5) is 10.5 Å². The largest absolute Gasteiger partial charge is 0.454 e. The predicted octanol–water partition coefficient (Wildman–Crippen LogP) is 3.27. The highest BCUT2D eigenvalue weighted by molar-refractivity contribution is 8.18. The van der Waals surface area contributed by atoms with Crippen LogP contribution in [0.25, 0.3) is 17.0 Å². The number of nitro groups is 1. The van der Waals surface area contributed by atoms with Crippen molar-refractivity contribution >= 4 is 51.5 Å². The van der Waals surface area contributed by atoms with Crippen LogP contribution in [-0.4, -0.2) is 51.7 Å². The Balaban J connectivity index is 1.23. The molecular formula is C22H16N4O7S. The monoisotopic (exact) mass is 480 g/mol. The van der Waals surface area contributed by atoms with Gasteiger partial charge in [0.05, 0.1) is 15.4 Å². The molecule has 0 bridgehead atoms. The molecule has 2 aromatic carbocycles. The standard InChI is InChI=1S/C22H16N4O7S/c27-20(15-10-24-16-3-2-13(26(30)31)9-14(15)16)23-5-6-25-21(28)19(34-22(25)29)8-12-1-4-17-18(7-12)33-11-32-17/h1-4,7-10,24H,5-6,11H2,(H,23,27)/b19-8+. The van der Waals surface area contributed by atoms with E-state index in [0.717, 1.165) is 16.7 Å². The second kappa shape index (κ2) is 8.56. The number of aromatic amines is 1. The average Bonchev–Trinajstić information content (AvgIpc) is 3.52. The molecular weight excluding hydrogens is 464 g/mol. The normalized spacial score (nSPS) is 16.0. The molecule has 34 heavy (non-hydrogen) atoms. The lowest BCUT2D eigenvalue weighted by Gasteiger charge is -2.12. The number of hydrogen-bond acceptors (Lipinski definition) is 8. The van der Waals surface area contributed by atoms with Gasteiger partial charge in [-0.25, -0.2) is 0 Å². The molecule has 3 aromatic rings. The summed E-state index contributed by atoms with van der Waals surface area (Å²) in [4.78, 5) is 52.4. The van der Waals surface area contributed by atoms with E-state index in [-0.39, 0.29) is 36.0 Å². The quantitative estimate of drug-likeness (QED) is 0.311. The zero-order chi connectivity index (χ0) is 23.8. The van der Waals surface area contributed by atoms with Crippen molar-refractivity contribution in [3.8, 4) is 11.5 Å². The van der Waals surface area contributed by atoms with Crippen molar-refractivity contribution in [3.05, 3.63) is 68.7 Å². The van der Waals surface area contributed by atoms with Crippen LogP contribution in [0, 0.1) is 10.1 Å². The fourth-order valence-corrected chi connectivity index (χ4v) is 4.50. The van der Waals surface area contributed by atoms with Gasteiger partial charge in [-0.15, -0.1) is 0 Å². The number of nitro benzene ring substituents is 1. The van der Waals surface area contributed by atoms with E-state index in [1.54, 1.807) is 24.3 Å². The smallest absolute Gasteiger partial charge is 0.293 e. The van der Waals surface area contributed by atoms with Gasteiger partial charge in [-0.05, 0) is 41.6 Å². The van der Waals surface area contributed by atoms with E-state index in [0.29, 0.717) is 28.0 Å². The molecule has 0 unspecified atom stereocenters. The van der Waals surface area contributed by atoms with E-state index < -0.39 is 22.0 Å². The SMILES string of the molecule is O=C(NCCN1C(=O)S/C(=C/c2ccc3c(c2)OCO3)C1=O)c1c[nH]c2ccc([N+](=O)[O-])cc12. The molecule has 3 amide bonds. The van der Waals surface area contributed by atoms with Crippen molar-refractivity contribution < 1.29 is 28.8 Å². The fourth-order valence-electron chi connectivity index (χ4n) is 3.63. The Hall–Kier alpha value is -4.32. The third kappa shape index (κ3) is 3.94. The molecule has 1 saturated heterocycles. The Kier molecular flexibility index (Phi) is 5.42.